The van der Waals surface area contributed by atoms with Crippen LogP contribution in [0.5, 0.6) is 0 Å². The first kappa shape index (κ1) is 9.33. The number of nitrogens with two attached hydrogens (primary N) is 1. The van der Waals surface area contributed by atoms with Gasteiger partial charge in [-0.15, -0.1) is 0 Å². The normalized spacial score (nSPS) is 40.9. The van der Waals surface area contributed by atoms with Gasteiger partial charge in [0, 0.05) is 12.1 Å². The molecule has 2 N–H and O–H groups in total. The van der Waals surface area contributed by atoms with Gasteiger partial charge in [0.2, 0.25) is 11.8 Å². The average Bonchev–Trinajstić information content (AvgIpc) is 2.98. The summed E-state index contributed by atoms with van der Waals surface area (Å²) in [6.07, 6.45) is 4.41. The third kappa shape index (κ3) is 1.31. The van der Waals surface area contributed by atoms with Crippen molar-refractivity contribution >= 4 is 11.8 Å². The largest absolute Gasteiger partial charge is 0.328 e. The van der Waals surface area contributed by atoms with E-state index in [4.69, 9.17) is 5.73 Å². The summed E-state index contributed by atoms with van der Waals surface area (Å²) in [7, 11) is 0. The minimum atomic E-state index is -0.0955. The first-order valence-electron chi connectivity index (χ1n) is 5.81. The minimum Gasteiger partial charge on any atom is -0.328 e. The molecular formula is C11H16N2O2. The monoisotopic (exact) mass is 208 g/mol. The summed E-state index contributed by atoms with van der Waals surface area (Å²) in [5.41, 5.74) is 5.85. The maximum Gasteiger partial charge on any atom is 0.233 e. The third-order valence-electron chi connectivity index (χ3n) is 3.91. The Labute approximate surface area is 88.8 Å². The van der Waals surface area contributed by atoms with E-state index in [1.807, 2.05) is 0 Å². The molecular weight excluding hydrogens is 192 g/mol. The highest BCUT2D eigenvalue weighted by molar-refractivity contribution is 6.05. The SMILES string of the molecule is NC1CCC2C(=O)N(C3CC3)C(=O)C2C1. The van der Waals surface area contributed by atoms with Crippen LogP contribution >= 0.6 is 0 Å². The Hall–Kier alpha value is -0.900. The predicted octanol–water partition coefficient (Wildman–Crippen LogP) is 0.261. The number of amides is 2. The van der Waals surface area contributed by atoms with Gasteiger partial charge in [-0.3, -0.25) is 14.5 Å². The molecule has 4 nitrogen and oxygen atoms in total. The van der Waals surface area contributed by atoms with Gasteiger partial charge in [0.1, 0.15) is 0 Å². The van der Waals surface area contributed by atoms with E-state index in [-0.39, 0.29) is 35.7 Å². The Balaban J connectivity index is 1.86. The Morgan fingerprint density at radius 1 is 1.00 bits per heavy atom. The molecule has 3 atom stereocenters. The molecule has 3 unspecified atom stereocenters. The topological polar surface area (TPSA) is 63.4 Å². The van der Waals surface area contributed by atoms with Gasteiger partial charge in [-0.05, 0) is 32.1 Å². The van der Waals surface area contributed by atoms with Crippen LogP contribution in [0.15, 0.2) is 0 Å². The molecule has 0 aromatic rings. The Kier molecular flexibility index (Phi) is 1.89. The summed E-state index contributed by atoms with van der Waals surface area (Å²) >= 11 is 0. The van der Waals surface area contributed by atoms with Crippen LogP contribution in [0, 0.1) is 11.8 Å². The van der Waals surface area contributed by atoms with E-state index in [1.54, 1.807) is 0 Å². The number of hydrogen-bond acceptors (Lipinski definition) is 3. The Bertz CT molecular complexity index is 325. The van der Waals surface area contributed by atoms with E-state index in [0.29, 0.717) is 6.42 Å². The second-order valence-electron chi connectivity index (χ2n) is 5.06. The molecule has 82 valence electrons. The maximum absolute atomic E-state index is 12.0. The molecule has 15 heavy (non-hydrogen) atoms. The predicted molar refractivity (Wildman–Crippen MR) is 53.7 cm³/mol. The van der Waals surface area contributed by atoms with E-state index in [9.17, 15) is 9.59 Å². The van der Waals surface area contributed by atoms with Crippen LogP contribution in [-0.2, 0) is 9.59 Å². The molecule has 3 aliphatic rings. The maximum atomic E-state index is 12.0. The molecule has 4 heteroatoms. The molecule has 3 fully saturated rings. The number of carbonyl (C=O) groups is 2. The van der Waals surface area contributed by atoms with Crippen molar-refractivity contribution in [2.24, 2.45) is 17.6 Å². The van der Waals surface area contributed by atoms with E-state index >= 15 is 0 Å². The summed E-state index contributed by atoms with van der Waals surface area (Å²) in [6.45, 7) is 0. The average molecular weight is 208 g/mol. The van der Waals surface area contributed by atoms with Crippen LogP contribution in [0.25, 0.3) is 0 Å². The van der Waals surface area contributed by atoms with Crippen LogP contribution in [0.1, 0.15) is 32.1 Å². The molecule has 2 aliphatic carbocycles. The van der Waals surface area contributed by atoms with Crippen LogP contribution in [-0.4, -0.2) is 28.8 Å². The molecule has 1 aliphatic heterocycles. The molecule has 3 rings (SSSR count). The zero-order valence-corrected chi connectivity index (χ0v) is 8.69. The van der Waals surface area contributed by atoms with Crippen molar-refractivity contribution in [2.75, 3.05) is 0 Å². The second-order valence-corrected chi connectivity index (χ2v) is 5.06. The molecule has 0 radical (unpaired) electrons. The van der Waals surface area contributed by atoms with Crippen molar-refractivity contribution in [2.45, 2.75) is 44.2 Å². The van der Waals surface area contributed by atoms with Gasteiger partial charge in [-0.1, -0.05) is 0 Å². The molecule has 2 saturated carbocycles. The number of fused-ring (bicyclic) bond motifs is 1. The van der Waals surface area contributed by atoms with Crippen molar-refractivity contribution < 1.29 is 9.59 Å². The van der Waals surface area contributed by atoms with Gasteiger partial charge in [-0.25, -0.2) is 0 Å². The summed E-state index contributed by atoms with van der Waals surface area (Å²) < 4.78 is 0. The zero-order valence-electron chi connectivity index (χ0n) is 8.69. The van der Waals surface area contributed by atoms with Crippen LogP contribution < -0.4 is 5.73 Å². The Morgan fingerprint density at radius 2 is 1.67 bits per heavy atom. The molecule has 2 amide bonds. The highest BCUT2D eigenvalue weighted by Gasteiger charge is 2.53. The van der Waals surface area contributed by atoms with Crippen molar-refractivity contribution in [3.63, 3.8) is 0 Å². The number of rotatable bonds is 1. The molecule has 0 spiro atoms. The lowest BCUT2D eigenvalue weighted by Crippen LogP contribution is -2.35. The van der Waals surface area contributed by atoms with Crippen molar-refractivity contribution in [1.29, 1.82) is 0 Å². The Morgan fingerprint density at radius 3 is 2.33 bits per heavy atom. The van der Waals surface area contributed by atoms with Gasteiger partial charge < -0.3 is 5.73 Å². The number of hydrogen-bond donors (Lipinski definition) is 1. The van der Waals surface area contributed by atoms with Crippen molar-refractivity contribution in [1.82, 2.24) is 4.90 Å². The fourth-order valence-electron chi connectivity index (χ4n) is 2.93. The summed E-state index contributed by atoms with van der Waals surface area (Å²) in [6, 6.07) is 0.342. The molecule has 1 heterocycles. The van der Waals surface area contributed by atoms with Crippen LogP contribution in [0.4, 0.5) is 0 Å². The number of imide groups is 1. The molecule has 0 aromatic heterocycles. The van der Waals surface area contributed by atoms with Gasteiger partial charge in [0.15, 0.2) is 0 Å². The quantitative estimate of drug-likeness (QED) is 0.629. The van der Waals surface area contributed by atoms with Crippen LogP contribution in [0.2, 0.25) is 0 Å². The lowest BCUT2D eigenvalue weighted by atomic mass is 9.79. The summed E-state index contributed by atoms with van der Waals surface area (Å²) in [5, 5.41) is 0. The zero-order chi connectivity index (χ0) is 10.6. The van der Waals surface area contributed by atoms with Crippen molar-refractivity contribution in [3.8, 4) is 0 Å². The third-order valence-corrected chi connectivity index (χ3v) is 3.91. The fourth-order valence-corrected chi connectivity index (χ4v) is 2.93. The van der Waals surface area contributed by atoms with Gasteiger partial charge in [0.05, 0.1) is 11.8 Å². The lowest BCUT2D eigenvalue weighted by Gasteiger charge is -2.25. The molecule has 1 saturated heterocycles. The van der Waals surface area contributed by atoms with E-state index in [1.165, 1.54) is 4.90 Å². The summed E-state index contributed by atoms with van der Waals surface area (Å²) in [4.78, 5) is 25.6. The van der Waals surface area contributed by atoms with E-state index in [0.717, 1.165) is 25.7 Å². The molecule has 0 bridgehead atoms. The van der Waals surface area contributed by atoms with Crippen molar-refractivity contribution in [3.05, 3.63) is 0 Å². The molecule has 0 aromatic carbocycles. The first-order valence-corrected chi connectivity index (χ1v) is 5.81. The highest BCUT2D eigenvalue weighted by Crippen LogP contribution is 2.42. The lowest BCUT2D eigenvalue weighted by molar-refractivity contribution is -0.140. The fraction of sp³-hybridized carbons (Fsp3) is 0.818. The van der Waals surface area contributed by atoms with Crippen LogP contribution in [0.3, 0.4) is 0 Å². The summed E-state index contributed by atoms with van der Waals surface area (Å²) in [5.74, 6) is 0.00167. The van der Waals surface area contributed by atoms with Gasteiger partial charge in [0.25, 0.3) is 0 Å². The smallest absolute Gasteiger partial charge is 0.233 e. The number of likely N-dealkylation sites (tertiary alicyclic amines) is 1. The first-order chi connectivity index (χ1) is 7.18. The second kappa shape index (κ2) is 3.04. The van der Waals surface area contributed by atoms with E-state index < -0.39 is 0 Å². The highest BCUT2D eigenvalue weighted by atomic mass is 16.2. The minimum absolute atomic E-state index is 0.0436. The standard InChI is InChI=1S/C11H16N2O2/c12-6-1-4-8-9(5-6)11(15)13(10(8)14)7-2-3-7/h6-9H,1-5,12H2. The number of carbonyl (C=O) groups excluding carboxylic acids is 2. The van der Waals surface area contributed by atoms with E-state index in [2.05, 4.69) is 0 Å². The van der Waals surface area contributed by atoms with Gasteiger partial charge in [-0.2, -0.15) is 0 Å². The number of nitrogens with zero attached hydrogens (tertiary/aromatic N) is 1. The van der Waals surface area contributed by atoms with Gasteiger partial charge >= 0.3 is 0 Å².